The zero-order valence-corrected chi connectivity index (χ0v) is 12.1. The molecule has 0 heterocycles. The minimum absolute atomic E-state index is 0.278. The lowest BCUT2D eigenvalue weighted by Gasteiger charge is -2.28. The van der Waals surface area contributed by atoms with Crippen LogP contribution in [0.15, 0.2) is 30.3 Å². The number of halogens is 3. The number of hydrogen-bond donors (Lipinski definition) is 1. The smallest absolute Gasteiger partial charge is 0.276 e. The van der Waals surface area contributed by atoms with E-state index in [0.29, 0.717) is 0 Å². The van der Waals surface area contributed by atoms with E-state index in [1.165, 1.54) is 45.0 Å². The second kappa shape index (κ2) is 5.54. The number of nitrogens with one attached hydrogen (secondary N) is 1. The highest BCUT2D eigenvalue weighted by Crippen LogP contribution is 2.41. The van der Waals surface area contributed by atoms with Gasteiger partial charge in [-0.15, -0.1) is 4.72 Å². The van der Waals surface area contributed by atoms with Gasteiger partial charge in [0.05, 0.1) is 10.3 Å². The molecule has 0 aromatic heterocycles. The first-order valence-electron chi connectivity index (χ1n) is 5.75. The highest BCUT2D eigenvalue weighted by atomic mass is 32.2. The molecular weight excluding hydrogens is 289 g/mol. The Morgan fingerprint density at radius 3 is 2.00 bits per heavy atom. The summed E-state index contributed by atoms with van der Waals surface area (Å²) in [5, 5.41) is 0. The van der Waals surface area contributed by atoms with E-state index in [0.717, 1.165) is 0 Å². The zero-order valence-electron chi connectivity index (χ0n) is 11.3. The molecule has 0 amide bonds. The van der Waals surface area contributed by atoms with Gasteiger partial charge in [-0.25, -0.2) is 10.8 Å². The molecule has 0 saturated heterocycles. The minimum Gasteiger partial charge on any atom is -0.276 e. The number of rotatable bonds is 3. The van der Waals surface area contributed by atoms with Gasteiger partial charge in [-0.1, -0.05) is 18.2 Å². The van der Waals surface area contributed by atoms with Gasteiger partial charge in [0.25, 0.3) is 0 Å². The number of alkyl halides is 3. The first-order valence-corrected chi connectivity index (χ1v) is 6.90. The lowest BCUT2D eigenvalue weighted by Crippen LogP contribution is -2.54. The van der Waals surface area contributed by atoms with Crippen molar-refractivity contribution in [3.8, 4) is 0 Å². The molecule has 0 aliphatic carbocycles. The summed E-state index contributed by atoms with van der Waals surface area (Å²) in [5.41, 5.74) is -3.29. The van der Waals surface area contributed by atoms with Crippen molar-refractivity contribution in [1.82, 2.24) is 4.72 Å². The van der Waals surface area contributed by atoms with Gasteiger partial charge >= 0.3 is 11.8 Å². The third-order valence-electron chi connectivity index (χ3n) is 2.57. The van der Waals surface area contributed by atoms with E-state index in [9.17, 15) is 17.4 Å². The van der Waals surface area contributed by atoms with Crippen molar-refractivity contribution in [3.05, 3.63) is 47.3 Å². The van der Waals surface area contributed by atoms with Crippen LogP contribution in [0.2, 0.25) is 0 Å². The molecule has 1 aromatic carbocycles. The van der Waals surface area contributed by atoms with Crippen LogP contribution < -0.4 is 4.72 Å². The maximum absolute atomic E-state index is 13.4. The maximum Gasteiger partial charge on any atom is 0.491 e. The van der Waals surface area contributed by atoms with E-state index < -0.39 is 27.6 Å². The molecule has 0 fully saturated rings. The Hall–Kier alpha value is -1.39. The van der Waals surface area contributed by atoms with Crippen LogP contribution in [0.4, 0.5) is 13.2 Å². The Bertz CT molecular complexity index is 531. The Kier molecular flexibility index (Phi) is 4.62. The molecular formula is C13H15F3N2OS. The summed E-state index contributed by atoms with van der Waals surface area (Å²) >= 11 is 0. The number of benzene rings is 1. The van der Waals surface area contributed by atoms with E-state index in [4.69, 9.17) is 6.57 Å². The molecule has 0 saturated carbocycles. The van der Waals surface area contributed by atoms with E-state index in [1.807, 2.05) is 4.72 Å². The molecule has 0 spiro atoms. The van der Waals surface area contributed by atoms with Crippen LogP contribution >= 0.6 is 0 Å². The molecule has 0 radical (unpaired) electrons. The normalized spacial score (nSPS) is 17.1. The summed E-state index contributed by atoms with van der Waals surface area (Å²) in [6.07, 6.45) is -4.89. The summed E-state index contributed by atoms with van der Waals surface area (Å²) in [4.78, 5) is 2.74. The van der Waals surface area contributed by atoms with Crippen molar-refractivity contribution in [1.29, 1.82) is 0 Å². The van der Waals surface area contributed by atoms with Crippen LogP contribution in [0.25, 0.3) is 4.85 Å². The highest BCUT2D eigenvalue weighted by molar-refractivity contribution is 7.84. The van der Waals surface area contributed by atoms with Gasteiger partial charge in [0.15, 0.2) is 0 Å². The monoisotopic (exact) mass is 304 g/mol. The van der Waals surface area contributed by atoms with Gasteiger partial charge in [0.2, 0.25) is 0 Å². The fourth-order valence-corrected chi connectivity index (χ4v) is 2.25. The summed E-state index contributed by atoms with van der Waals surface area (Å²) in [5.74, 6) is 0. The second-order valence-electron chi connectivity index (χ2n) is 5.17. The zero-order chi connectivity index (χ0) is 15.6. The van der Waals surface area contributed by atoms with Crippen molar-refractivity contribution in [2.75, 3.05) is 0 Å². The lowest BCUT2D eigenvalue weighted by atomic mass is 10.0. The summed E-state index contributed by atoms with van der Waals surface area (Å²) < 4.78 is 53.3. The molecule has 0 aliphatic rings. The van der Waals surface area contributed by atoms with E-state index >= 15 is 0 Å². The first kappa shape index (κ1) is 16.7. The predicted octanol–water partition coefficient (Wildman–Crippen LogP) is 3.37. The molecule has 110 valence electrons. The van der Waals surface area contributed by atoms with E-state index in [2.05, 4.69) is 4.85 Å². The van der Waals surface area contributed by atoms with Crippen molar-refractivity contribution in [2.24, 2.45) is 0 Å². The van der Waals surface area contributed by atoms with Crippen LogP contribution in [0.5, 0.6) is 0 Å². The van der Waals surface area contributed by atoms with Gasteiger partial charge in [-0.2, -0.15) is 13.2 Å². The average molecular weight is 304 g/mol. The fourth-order valence-electron chi connectivity index (χ4n) is 1.40. The van der Waals surface area contributed by atoms with Crippen molar-refractivity contribution < 1.29 is 17.4 Å². The Morgan fingerprint density at radius 2 is 1.65 bits per heavy atom. The predicted molar refractivity (Wildman–Crippen MR) is 71.8 cm³/mol. The van der Waals surface area contributed by atoms with Gasteiger partial charge in [0.1, 0.15) is 11.0 Å². The SMILES string of the molecule is [C-]#[N+][C@](N[S@](=O)C(C)(C)C)(c1ccccc1)C(F)(F)F. The van der Waals surface area contributed by atoms with Gasteiger partial charge in [0, 0.05) is 0 Å². The van der Waals surface area contributed by atoms with Crippen molar-refractivity contribution in [2.45, 2.75) is 37.4 Å². The van der Waals surface area contributed by atoms with Gasteiger partial charge < -0.3 is 0 Å². The fraction of sp³-hybridized carbons (Fsp3) is 0.462. The lowest BCUT2D eigenvalue weighted by molar-refractivity contribution is -0.180. The second-order valence-corrected chi connectivity index (χ2v) is 7.14. The van der Waals surface area contributed by atoms with Crippen molar-refractivity contribution in [3.63, 3.8) is 0 Å². The highest BCUT2D eigenvalue weighted by Gasteiger charge is 2.65. The molecule has 1 rings (SSSR count). The summed E-state index contributed by atoms with van der Waals surface area (Å²) in [6, 6.07) is 6.75. The largest absolute Gasteiger partial charge is 0.491 e. The maximum atomic E-state index is 13.4. The average Bonchev–Trinajstić information content (AvgIpc) is 2.34. The quantitative estimate of drug-likeness (QED) is 0.853. The third-order valence-corrected chi connectivity index (χ3v) is 4.16. The molecule has 0 bridgehead atoms. The molecule has 20 heavy (non-hydrogen) atoms. The molecule has 1 aromatic rings. The molecule has 2 atom stereocenters. The van der Waals surface area contributed by atoms with Crippen LogP contribution in [-0.2, 0) is 16.6 Å². The van der Waals surface area contributed by atoms with E-state index in [-0.39, 0.29) is 5.56 Å². The molecule has 0 aliphatic heterocycles. The first-order chi connectivity index (χ1) is 9.04. The van der Waals surface area contributed by atoms with Crippen LogP contribution in [0.1, 0.15) is 26.3 Å². The number of hydrogen-bond acceptors (Lipinski definition) is 1. The molecule has 3 nitrogen and oxygen atoms in total. The Morgan fingerprint density at radius 1 is 1.15 bits per heavy atom. The van der Waals surface area contributed by atoms with Crippen LogP contribution in [0.3, 0.4) is 0 Å². The molecule has 7 heteroatoms. The summed E-state index contributed by atoms with van der Waals surface area (Å²) in [7, 11) is -2.04. The minimum atomic E-state index is -4.89. The van der Waals surface area contributed by atoms with E-state index in [1.54, 1.807) is 6.07 Å². The topological polar surface area (TPSA) is 33.5 Å². The standard InChI is InChI=1S/C13H15F3N2OS/c1-11(2,3)20(19)18-12(17-4,13(14,15)16)10-8-6-5-7-9-10/h5-9,18H,1-3H3/t12-,20+/m0/s1. The third kappa shape index (κ3) is 3.19. The summed E-state index contributed by atoms with van der Waals surface area (Å²) in [6.45, 7) is 11.6. The van der Waals surface area contributed by atoms with Gasteiger partial charge in [-0.3, -0.25) is 4.85 Å². The molecule has 1 N–H and O–H groups in total. The van der Waals surface area contributed by atoms with Crippen molar-refractivity contribution >= 4 is 11.0 Å². The Balaban J connectivity index is 3.38. The van der Waals surface area contributed by atoms with Gasteiger partial charge in [-0.05, 0) is 32.9 Å². The number of nitrogens with zero attached hydrogens (tertiary/aromatic N) is 1. The van der Waals surface area contributed by atoms with Crippen LogP contribution in [0, 0.1) is 6.57 Å². The van der Waals surface area contributed by atoms with Crippen LogP contribution in [-0.4, -0.2) is 15.1 Å². The molecule has 0 unspecified atom stereocenters. The Labute approximate surface area is 118 Å².